The molecule has 1 amide bonds. The number of hydrogen-bond donors (Lipinski definition) is 0. The first-order valence-corrected chi connectivity index (χ1v) is 8.57. The highest BCUT2D eigenvalue weighted by molar-refractivity contribution is 5.94. The van der Waals surface area contributed by atoms with Crippen molar-refractivity contribution in [1.82, 2.24) is 9.88 Å². The molecule has 0 bridgehead atoms. The summed E-state index contributed by atoms with van der Waals surface area (Å²) in [5.74, 6) is 0.160. The van der Waals surface area contributed by atoms with Gasteiger partial charge in [-0.05, 0) is 55.5 Å². The van der Waals surface area contributed by atoms with Crippen molar-refractivity contribution in [2.24, 2.45) is 0 Å². The van der Waals surface area contributed by atoms with E-state index in [0.717, 1.165) is 43.5 Å². The molecule has 3 nitrogen and oxygen atoms in total. The monoisotopic (exact) mass is 308 g/mol. The number of nitrogens with zero attached hydrogens (tertiary/aromatic N) is 2. The highest BCUT2D eigenvalue weighted by atomic mass is 16.2. The van der Waals surface area contributed by atoms with Gasteiger partial charge in [-0.15, -0.1) is 0 Å². The Kier molecular flexibility index (Phi) is 5.06. The highest BCUT2D eigenvalue weighted by Gasteiger charge is 2.27. The minimum absolute atomic E-state index is 0.160. The molecule has 1 fully saturated rings. The normalized spacial score (nSPS) is 18.0. The Bertz CT molecular complexity index is 636. The van der Waals surface area contributed by atoms with E-state index in [0.29, 0.717) is 0 Å². The molecule has 23 heavy (non-hydrogen) atoms. The second-order valence-corrected chi connectivity index (χ2v) is 6.22. The van der Waals surface area contributed by atoms with Crippen LogP contribution < -0.4 is 0 Å². The summed E-state index contributed by atoms with van der Waals surface area (Å²) in [6.45, 7) is 2.98. The van der Waals surface area contributed by atoms with Gasteiger partial charge in [0.1, 0.15) is 0 Å². The maximum absolute atomic E-state index is 12.9. The average Bonchev–Trinajstić information content (AvgIpc) is 2.62. The maximum Gasteiger partial charge on any atom is 0.254 e. The number of likely N-dealkylation sites (tertiary alicyclic amines) is 1. The van der Waals surface area contributed by atoms with Gasteiger partial charge in [0.05, 0.1) is 0 Å². The Hall–Kier alpha value is -2.16. The molecule has 1 saturated heterocycles. The third-order valence-electron chi connectivity index (χ3n) is 4.67. The Morgan fingerprint density at radius 3 is 2.70 bits per heavy atom. The summed E-state index contributed by atoms with van der Waals surface area (Å²) >= 11 is 0. The Balaban J connectivity index is 1.75. The van der Waals surface area contributed by atoms with Crippen LogP contribution in [-0.4, -0.2) is 28.4 Å². The molecule has 1 aliphatic heterocycles. The van der Waals surface area contributed by atoms with E-state index < -0.39 is 0 Å². The molecule has 0 saturated carbocycles. The number of hydrogen-bond acceptors (Lipinski definition) is 2. The zero-order valence-corrected chi connectivity index (χ0v) is 13.7. The number of carbonyl (C=O) groups excluding carboxylic acids is 1. The number of piperidine rings is 1. The molecule has 2 aromatic rings. The SMILES string of the molecule is CCc1ccc(C(=O)N2CCCCC2Cc2ccccn2)cc1. The van der Waals surface area contributed by atoms with E-state index in [2.05, 4.69) is 28.9 Å². The van der Waals surface area contributed by atoms with Crippen LogP contribution in [0.15, 0.2) is 48.7 Å². The summed E-state index contributed by atoms with van der Waals surface area (Å²) in [4.78, 5) is 19.4. The molecular weight excluding hydrogens is 284 g/mol. The van der Waals surface area contributed by atoms with E-state index in [9.17, 15) is 4.79 Å². The van der Waals surface area contributed by atoms with Gasteiger partial charge in [0.2, 0.25) is 0 Å². The number of pyridine rings is 1. The van der Waals surface area contributed by atoms with Gasteiger partial charge in [0.15, 0.2) is 0 Å². The second kappa shape index (κ2) is 7.40. The number of benzene rings is 1. The molecule has 3 heteroatoms. The van der Waals surface area contributed by atoms with Crippen LogP contribution in [0.2, 0.25) is 0 Å². The van der Waals surface area contributed by atoms with Gasteiger partial charge in [0.25, 0.3) is 5.91 Å². The molecule has 0 aliphatic carbocycles. The Labute approximate surface area is 138 Å². The van der Waals surface area contributed by atoms with Crippen molar-refractivity contribution in [2.75, 3.05) is 6.54 Å². The molecule has 1 aliphatic rings. The van der Waals surface area contributed by atoms with Gasteiger partial charge in [-0.2, -0.15) is 0 Å². The lowest BCUT2D eigenvalue weighted by atomic mass is 9.96. The summed E-state index contributed by atoms with van der Waals surface area (Å²) in [7, 11) is 0. The summed E-state index contributed by atoms with van der Waals surface area (Å²) in [6, 6.07) is 14.3. The van der Waals surface area contributed by atoms with Gasteiger partial charge >= 0.3 is 0 Å². The molecule has 120 valence electrons. The third kappa shape index (κ3) is 3.79. The molecule has 1 unspecified atom stereocenters. The fourth-order valence-electron chi connectivity index (χ4n) is 3.29. The molecule has 1 aromatic heterocycles. The van der Waals surface area contributed by atoms with Crippen molar-refractivity contribution >= 4 is 5.91 Å². The summed E-state index contributed by atoms with van der Waals surface area (Å²) in [5.41, 5.74) is 3.14. The van der Waals surface area contributed by atoms with Crippen LogP contribution in [0.3, 0.4) is 0 Å². The summed E-state index contributed by atoms with van der Waals surface area (Å²) < 4.78 is 0. The van der Waals surface area contributed by atoms with Crippen LogP contribution in [0.5, 0.6) is 0 Å². The molecule has 2 heterocycles. The first-order chi connectivity index (χ1) is 11.3. The predicted octanol–water partition coefficient (Wildman–Crippen LogP) is 3.88. The van der Waals surface area contributed by atoms with Crippen molar-refractivity contribution in [3.8, 4) is 0 Å². The Morgan fingerprint density at radius 1 is 1.17 bits per heavy atom. The minimum atomic E-state index is 0.160. The molecule has 1 atom stereocenters. The molecule has 0 radical (unpaired) electrons. The fourth-order valence-corrected chi connectivity index (χ4v) is 3.29. The summed E-state index contributed by atoms with van der Waals surface area (Å²) in [5, 5.41) is 0. The van der Waals surface area contributed by atoms with Crippen molar-refractivity contribution < 1.29 is 4.79 Å². The maximum atomic E-state index is 12.9. The number of aryl methyl sites for hydroxylation is 1. The zero-order valence-electron chi connectivity index (χ0n) is 13.7. The first kappa shape index (κ1) is 15.7. The topological polar surface area (TPSA) is 33.2 Å². The minimum Gasteiger partial charge on any atom is -0.335 e. The van der Waals surface area contributed by atoms with Gasteiger partial charge in [-0.25, -0.2) is 0 Å². The van der Waals surface area contributed by atoms with Crippen molar-refractivity contribution in [2.45, 2.75) is 45.1 Å². The number of aromatic nitrogens is 1. The van der Waals surface area contributed by atoms with E-state index in [1.807, 2.05) is 36.5 Å². The van der Waals surface area contributed by atoms with E-state index in [-0.39, 0.29) is 11.9 Å². The molecule has 3 rings (SSSR count). The lowest BCUT2D eigenvalue weighted by molar-refractivity contribution is 0.0612. The fraction of sp³-hybridized carbons (Fsp3) is 0.400. The second-order valence-electron chi connectivity index (χ2n) is 6.22. The first-order valence-electron chi connectivity index (χ1n) is 8.57. The average molecular weight is 308 g/mol. The van der Waals surface area contributed by atoms with Crippen LogP contribution in [0.4, 0.5) is 0 Å². The predicted molar refractivity (Wildman–Crippen MR) is 92.4 cm³/mol. The van der Waals surface area contributed by atoms with Gasteiger partial charge in [-0.1, -0.05) is 25.1 Å². The number of rotatable bonds is 4. The third-order valence-corrected chi connectivity index (χ3v) is 4.67. The smallest absolute Gasteiger partial charge is 0.254 e. The van der Waals surface area contributed by atoms with E-state index >= 15 is 0 Å². The largest absolute Gasteiger partial charge is 0.335 e. The number of carbonyl (C=O) groups is 1. The summed E-state index contributed by atoms with van der Waals surface area (Å²) in [6.07, 6.45) is 7.02. The lowest BCUT2D eigenvalue weighted by Gasteiger charge is -2.36. The van der Waals surface area contributed by atoms with Crippen LogP contribution in [0.1, 0.15) is 47.8 Å². The molecule has 0 N–H and O–H groups in total. The van der Waals surface area contributed by atoms with Crippen molar-refractivity contribution in [3.63, 3.8) is 0 Å². The van der Waals surface area contributed by atoms with Crippen molar-refractivity contribution in [3.05, 3.63) is 65.5 Å². The van der Waals surface area contributed by atoms with Crippen LogP contribution in [0, 0.1) is 0 Å². The van der Waals surface area contributed by atoms with E-state index in [1.165, 1.54) is 12.0 Å². The zero-order chi connectivity index (χ0) is 16.1. The van der Waals surface area contributed by atoms with Crippen molar-refractivity contribution in [1.29, 1.82) is 0 Å². The standard InChI is InChI=1S/C20H24N2O/c1-2-16-9-11-17(12-10-16)20(23)22-14-6-4-8-19(22)15-18-7-3-5-13-21-18/h3,5,7,9-13,19H,2,4,6,8,14-15H2,1H3. The van der Waals surface area contributed by atoms with E-state index in [4.69, 9.17) is 0 Å². The number of amides is 1. The van der Waals surface area contributed by atoms with Crippen LogP contribution in [0.25, 0.3) is 0 Å². The van der Waals surface area contributed by atoms with Crippen LogP contribution in [-0.2, 0) is 12.8 Å². The quantitative estimate of drug-likeness (QED) is 0.858. The van der Waals surface area contributed by atoms with Gasteiger partial charge in [0, 0.05) is 36.5 Å². The highest BCUT2D eigenvalue weighted by Crippen LogP contribution is 2.22. The Morgan fingerprint density at radius 2 is 2.00 bits per heavy atom. The molecule has 0 spiro atoms. The van der Waals surface area contributed by atoms with Gasteiger partial charge < -0.3 is 4.90 Å². The van der Waals surface area contributed by atoms with Gasteiger partial charge in [-0.3, -0.25) is 9.78 Å². The van der Waals surface area contributed by atoms with Crippen LogP contribution >= 0.6 is 0 Å². The lowest BCUT2D eigenvalue weighted by Crippen LogP contribution is -2.45. The molecule has 1 aromatic carbocycles. The molecular formula is C20H24N2O. The van der Waals surface area contributed by atoms with E-state index in [1.54, 1.807) is 0 Å².